The lowest BCUT2D eigenvalue weighted by Gasteiger charge is -2.17. The maximum Gasteiger partial charge on any atom is 0.152 e. The third-order valence-corrected chi connectivity index (χ3v) is 2.75. The van der Waals surface area contributed by atoms with Crippen LogP contribution in [0.25, 0.3) is 0 Å². The molecular formula is C14H10F5N. The third-order valence-electron chi connectivity index (χ3n) is 2.75. The van der Waals surface area contributed by atoms with Crippen molar-refractivity contribution in [2.75, 3.05) is 5.32 Å². The van der Waals surface area contributed by atoms with Gasteiger partial charge in [-0.05, 0) is 24.6 Å². The van der Waals surface area contributed by atoms with Gasteiger partial charge in [0.05, 0.1) is 0 Å². The van der Waals surface area contributed by atoms with E-state index in [-0.39, 0.29) is 5.56 Å². The van der Waals surface area contributed by atoms with Crippen molar-refractivity contribution in [2.45, 2.75) is 13.0 Å². The molecule has 2 aromatic rings. The summed E-state index contributed by atoms with van der Waals surface area (Å²) in [6.07, 6.45) is 0. The molecule has 0 aliphatic rings. The number of benzene rings is 2. The van der Waals surface area contributed by atoms with Crippen LogP contribution in [0.4, 0.5) is 27.6 Å². The molecule has 2 aromatic carbocycles. The van der Waals surface area contributed by atoms with Gasteiger partial charge in [-0.2, -0.15) is 0 Å². The molecule has 2 rings (SSSR count). The van der Waals surface area contributed by atoms with Gasteiger partial charge in [-0.1, -0.05) is 0 Å². The molecule has 0 saturated carbocycles. The molecule has 0 spiro atoms. The molecule has 0 heterocycles. The second-order valence-electron chi connectivity index (χ2n) is 4.31. The predicted octanol–water partition coefficient (Wildman–Crippen LogP) is 4.56. The molecule has 0 aromatic heterocycles. The topological polar surface area (TPSA) is 12.0 Å². The predicted molar refractivity (Wildman–Crippen MR) is 64.7 cm³/mol. The Kier molecular flexibility index (Phi) is 3.92. The van der Waals surface area contributed by atoms with Crippen molar-refractivity contribution in [3.05, 3.63) is 65.0 Å². The van der Waals surface area contributed by atoms with Gasteiger partial charge in [-0.3, -0.25) is 0 Å². The summed E-state index contributed by atoms with van der Waals surface area (Å²) >= 11 is 0. The molecule has 0 fully saturated rings. The smallest absolute Gasteiger partial charge is 0.152 e. The van der Waals surface area contributed by atoms with Gasteiger partial charge >= 0.3 is 0 Å². The van der Waals surface area contributed by atoms with Crippen LogP contribution in [0.15, 0.2) is 30.3 Å². The van der Waals surface area contributed by atoms with Crippen molar-refractivity contribution in [3.63, 3.8) is 0 Å². The molecule has 1 nitrogen and oxygen atoms in total. The number of nitrogens with one attached hydrogen (secondary N) is 1. The van der Waals surface area contributed by atoms with E-state index < -0.39 is 40.8 Å². The van der Waals surface area contributed by atoms with E-state index in [0.29, 0.717) is 18.2 Å². The van der Waals surface area contributed by atoms with E-state index in [9.17, 15) is 22.0 Å². The van der Waals surface area contributed by atoms with Crippen molar-refractivity contribution < 1.29 is 22.0 Å². The Balaban J connectivity index is 2.30. The zero-order valence-electron chi connectivity index (χ0n) is 10.4. The van der Waals surface area contributed by atoms with E-state index in [1.165, 1.54) is 6.92 Å². The minimum atomic E-state index is -1.12. The summed E-state index contributed by atoms with van der Waals surface area (Å²) in [5.41, 5.74) is -0.380. The maximum absolute atomic E-state index is 13.5. The molecular weight excluding hydrogens is 277 g/mol. The summed E-state index contributed by atoms with van der Waals surface area (Å²) in [5.74, 6) is -4.88. The zero-order valence-corrected chi connectivity index (χ0v) is 10.4. The van der Waals surface area contributed by atoms with Crippen LogP contribution in [0, 0.1) is 29.1 Å². The van der Waals surface area contributed by atoms with Gasteiger partial charge in [0.15, 0.2) is 11.6 Å². The quantitative estimate of drug-likeness (QED) is 0.816. The Bertz CT molecular complexity index is 598. The van der Waals surface area contributed by atoms with Crippen molar-refractivity contribution in [3.8, 4) is 0 Å². The molecule has 6 heteroatoms. The molecule has 106 valence electrons. The summed E-state index contributed by atoms with van der Waals surface area (Å²) in [6, 6.07) is 3.04. The van der Waals surface area contributed by atoms with Gasteiger partial charge < -0.3 is 5.32 Å². The first kappa shape index (κ1) is 14.3. The Morgan fingerprint density at radius 1 is 0.750 bits per heavy atom. The number of rotatable bonds is 3. The van der Waals surface area contributed by atoms with Gasteiger partial charge in [0, 0.05) is 24.2 Å². The Morgan fingerprint density at radius 3 is 1.70 bits per heavy atom. The average molecular weight is 287 g/mol. The minimum Gasteiger partial charge on any atom is -0.374 e. The molecule has 0 aliphatic heterocycles. The lowest BCUT2D eigenvalue weighted by atomic mass is 10.1. The Labute approximate surface area is 112 Å². The van der Waals surface area contributed by atoms with Crippen LogP contribution < -0.4 is 5.32 Å². The summed E-state index contributed by atoms with van der Waals surface area (Å²) in [4.78, 5) is 0. The molecule has 0 bridgehead atoms. The second kappa shape index (κ2) is 5.48. The number of hydrogen-bond acceptors (Lipinski definition) is 1. The van der Waals surface area contributed by atoms with Crippen LogP contribution in [0.1, 0.15) is 18.5 Å². The van der Waals surface area contributed by atoms with E-state index in [1.54, 1.807) is 0 Å². The van der Waals surface area contributed by atoms with Crippen molar-refractivity contribution in [1.29, 1.82) is 0 Å². The highest BCUT2D eigenvalue weighted by Gasteiger charge is 2.15. The summed E-state index contributed by atoms with van der Waals surface area (Å²) < 4.78 is 65.8. The Hall–Kier alpha value is -2.11. The molecule has 0 amide bonds. The highest BCUT2D eigenvalue weighted by molar-refractivity contribution is 5.48. The zero-order chi connectivity index (χ0) is 14.9. The first-order chi connectivity index (χ1) is 9.36. The number of halogens is 5. The van der Waals surface area contributed by atoms with Gasteiger partial charge in [0.2, 0.25) is 0 Å². The molecule has 1 N–H and O–H groups in total. The molecule has 1 atom stereocenters. The van der Waals surface area contributed by atoms with E-state index >= 15 is 0 Å². The SMILES string of the molecule is CC(Nc1c(F)cc(F)cc1F)c1cc(F)cc(F)c1. The van der Waals surface area contributed by atoms with Crippen LogP contribution in [-0.4, -0.2) is 0 Å². The van der Waals surface area contributed by atoms with E-state index in [1.807, 2.05) is 0 Å². The fourth-order valence-electron chi connectivity index (χ4n) is 1.81. The molecule has 20 heavy (non-hydrogen) atoms. The third kappa shape index (κ3) is 3.07. The van der Waals surface area contributed by atoms with Crippen LogP contribution >= 0.6 is 0 Å². The van der Waals surface area contributed by atoms with E-state index in [2.05, 4.69) is 5.32 Å². The Morgan fingerprint density at radius 2 is 1.20 bits per heavy atom. The highest BCUT2D eigenvalue weighted by atomic mass is 19.2. The van der Waals surface area contributed by atoms with Crippen LogP contribution in [0.2, 0.25) is 0 Å². The highest BCUT2D eigenvalue weighted by Crippen LogP contribution is 2.26. The largest absolute Gasteiger partial charge is 0.374 e. The first-order valence-electron chi connectivity index (χ1n) is 5.74. The second-order valence-corrected chi connectivity index (χ2v) is 4.31. The van der Waals surface area contributed by atoms with E-state index in [4.69, 9.17) is 0 Å². The summed E-state index contributed by atoms with van der Waals surface area (Å²) in [5, 5.41) is 2.43. The fraction of sp³-hybridized carbons (Fsp3) is 0.143. The van der Waals surface area contributed by atoms with Crippen LogP contribution in [0.3, 0.4) is 0 Å². The van der Waals surface area contributed by atoms with Gasteiger partial charge in [0.25, 0.3) is 0 Å². The lowest BCUT2D eigenvalue weighted by molar-refractivity contribution is 0.544. The van der Waals surface area contributed by atoms with E-state index in [0.717, 1.165) is 12.1 Å². The number of anilines is 1. The lowest BCUT2D eigenvalue weighted by Crippen LogP contribution is -2.10. The fourth-order valence-corrected chi connectivity index (χ4v) is 1.81. The van der Waals surface area contributed by atoms with Gasteiger partial charge in [0.1, 0.15) is 23.1 Å². The molecule has 0 radical (unpaired) electrons. The van der Waals surface area contributed by atoms with Crippen LogP contribution in [-0.2, 0) is 0 Å². The summed E-state index contributed by atoms with van der Waals surface area (Å²) in [6.45, 7) is 1.47. The maximum atomic E-state index is 13.5. The van der Waals surface area contributed by atoms with Crippen molar-refractivity contribution in [2.24, 2.45) is 0 Å². The molecule has 0 saturated heterocycles. The van der Waals surface area contributed by atoms with Gasteiger partial charge in [-0.25, -0.2) is 22.0 Å². The first-order valence-corrected chi connectivity index (χ1v) is 5.74. The summed E-state index contributed by atoms with van der Waals surface area (Å²) in [7, 11) is 0. The minimum absolute atomic E-state index is 0.172. The van der Waals surface area contributed by atoms with Crippen molar-refractivity contribution >= 4 is 5.69 Å². The monoisotopic (exact) mass is 287 g/mol. The molecule has 1 unspecified atom stereocenters. The van der Waals surface area contributed by atoms with Crippen molar-refractivity contribution in [1.82, 2.24) is 0 Å². The van der Waals surface area contributed by atoms with Crippen LogP contribution in [0.5, 0.6) is 0 Å². The number of hydrogen-bond donors (Lipinski definition) is 1. The molecule has 0 aliphatic carbocycles. The average Bonchev–Trinajstić information content (AvgIpc) is 2.32. The standard InChI is InChI=1S/C14H10F5N/c1-7(8-2-9(15)4-10(16)3-8)20-14-12(18)5-11(17)6-13(14)19/h2-7,20H,1H3. The van der Waals surface area contributed by atoms with Gasteiger partial charge in [-0.15, -0.1) is 0 Å². The normalized spacial score (nSPS) is 12.3.